The fourth-order valence-electron chi connectivity index (χ4n) is 10.9. The topological polar surface area (TPSA) is 0 Å². The molecule has 4 aromatic carbocycles. The average molecular weight is 976 g/mol. The van der Waals surface area contributed by atoms with Crippen molar-refractivity contribution in [1.82, 2.24) is 0 Å². The van der Waals surface area contributed by atoms with Crippen molar-refractivity contribution in [2.75, 3.05) is 0 Å². The molecule has 0 aromatic heterocycles. The van der Waals surface area contributed by atoms with Gasteiger partial charge in [-0.1, -0.05) is 0 Å². The van der Waals surface area contributed by atoms with Gasteiger partial charge in [0.1, 0.15) is 0 Å². The van der Waals surface area contributed by atoms with Gasteiger partial charge in [0.05, 0.1) is 0 Å². The first kappa shape index (κ1) is 42.2. The van der Waals surface area contributed by atoms with E-state index in [1.807, 2.05) is 0 Å². The monoisotopic (exact) mass is 976 g/mol. The molecule has 3 aliphatic rings. The van der Waals surface area contributed by atoms with Crippen LogP contribution in [-0.2, 0) is 20.0 Å². The summed E-state index contributed by atoms with van der Waals surface area (Å²) in [5, 5.41) is 6.44. The van der Waals surface area contributed by atoms with Gasteiger partial charge in [-0.05, 0) is 0 Å². The van der Waals surface area contributed by atoms with E-state index in [1.54, 1.807) is 54.1 Å². The molecule has 1 heterocycles. The predicted octanol–water partition coefficient (Wildman–Crippen LogP) is 13.6. The van der Waals surface area contributed by atoms with E-state index in [0.29, 0.717) is 7.35 Å². The summed E-state index contributed by atoms with van der Waals surface area (Å²) in [6.07, 6.45) is 10.5. The Morgan fingerprint density at radius 3 is 1.09 bits per heavy atom. The number of fused-ring (bicyclic) bond motifs is 6. The van der Waals surface area contributed by atoms with E-state index < -0.39 is 52.3 Å². The number of allylic oxidation sites excluding steroid dienone is 2. The maximum absolute atomic E-state index is 3.24. The van der Waals surface area contributed by atoms with Crippen molar-refractivity contribution in [1.29, 1.82) is 0 Å². The zero-order valence-corrected chi connectivity index (χ0v) is 45.7. The number of rotatable bonds is 10. The molecule has 0 bridgehead atoms. The van der Waals surface area contributed by atoms with E-state index in [4.69, 9.17) is 0 Å². The summed E-state index contributed by atoms with van der Waals surface area (Å²) < 4.78 is 6.91. The standard InChI is InChI=1S/C49H66Si4.2CH3.Hf/c1-15-23-49(24-16-2,39-25-35-19-17-21-45(47(35)31-39)37-27-41(50(3,4)5)33-42(28-37)51(6,7)8)40-26-36-20-18-22-46(48(36)32-40)38-29-43(52(9,10)11)34-44(30-38)53(12,13)14;;;/h17-22,25-34H,15-16,23-24H2,1-14H3;2*1H3;. The van der Waals surface area contributed by atoms with Gasteiger partial charge in [0, 0.05) is 0 Å². The molecular formula is C51H72HfSi4. The van der Waals surface area contributed by atoms with Crippen LogP contribution in [-0.4, -0.2) is 32.3 Å². The zero-order valence-electron chi connectivity index (χ0n) is 38.1. The fraction of sp³-hybridized carbons (Fsp3) is 0.451. The van der Waals surface area contributed by atoms with Crippen molar-refractivity contribution >= 4 is 65.2 Å². The Bertz CT molecular complexity index is 2040. The van der Waals surface area contributed by atoms with Gasteiger partial charge in [0.25, 0.3) is 0 Å². The molecule has 0 N–H and O–H groups in total. The van der Waals surface area contributed by atoms with Gasteiger partial charge in [0.15, 0.2) is 0 Å². The zero-order chi connectivity index (χ0) is 41.0. The molecule has 2 aliphatic carbocycles. The summed E-state index contributed by atoms with van der Waals surface area (Å²) in [6, 6.07) is 30.6. The molecule has 0 saturated carbocycles. The molecule has 2 atom stereocenters. The molecule has 0 spiro atoms. The summed E-state index contributed by atoms with van der Waals surface area (Å²) in [5.41, 5.74) is 16.1. The van der Waals surface area contributed by atoms with Crippen LogP contribution in [0, 0.1) is 5.41 Å². The quantitative estimate of drug-likeness (QED) is 0.139. The van der Waals surface area contributed by atoms with Crippen LogP contribution in [0.3, 0.4) is 0 Å². The third-order valence-electron chi connectivity index (χ3n) is 14.0. The summed E-state index contributed by atoms with van der Waals surface area (Å²) >= 11 is -3.24. The second-order valence-electron chi connectivity index (χ2n) is 22.7. The van der Waals surface area contributed by atoms with Crippen LogP contribution >= 0.6 is 0 Å². The number of hydrogen-bond donors (Lipinski definition) is 0. The van der Waals surface area contributed by atoms with Crippen molar-refractivity contribution in [2.45, 2.75) is 135 Å². The van der Waals surface area contributed by atoms with Crippen LogP contribution in [0.25, 0.3) is 34.4 Å². The second kappa shape index (κ2) is 14.4. The van der Waals surface area contributed by atoms with Gasteiger partial charge in [-0.3, -0.25) is 0 Å². The molecule has 0 amide bonds. The predicted molar refractivity (Wildman–Crippen MR) is 261 cm³/mol. The van der Waals surface area contributed by atoms with E-state index in [2.05, 4.69) is 187 Å². The molecular weight excluding hydrogens is 903 g/mol. The molecule has 1 fully saturated rings. The maximum atomic E-state index is 2.85. The van der Waals surface area contributed by atoms with Crippen LogP contribution < -0.4 is 20.7 Å². The average Bonchev–Trinajstić information content (AvgIpc) is 3.71. The van der Waals surface area contributed by atoms with E-state index in [-0.39, 0.29) is 5.41 Å². The van der Waals surface area contributed by atoms with Crippen LogP contribution in [0.2, 0.25) is 87.9 Å². The second-order valence-corrected chi connectivity index (χ2v) is 60.2. The molecule has 7 rings (SSSR count). The normalized spacial score (nSPS) is 19.9. The summed E-state index contributed by atoms with van der Waals surface area (Å²) in [6.45, 7) is 35.2. The van der Waals surface area contributed by atoms with Gasteiger partial charge < -0.3 is 0 Å². The molecule has 2 unspecified atom stereocenters. The van der Waals surface area contributed by atoms with Gasteiger partial charge in [0.2, 0.25) is 0 Å². The van der Waals surface area contributed by atoms with Gasteiger partial charge in [-0.25, -0.2) is 0 Å². The summed E-state index contributed by atoms with van der Waals surface area (Å²) in [4.78, 5) is 0. The van der Waals surface area contributed by atoms with E-state index in [9.17, 15) is 0 Å². The van der Waals surface area contributed by atoms with Crippen LogP contribution in [0.4, 0.5) is 0 Å². The molecule has 1 aliphatic heterocycles. The summed E-state index contributed by atoms with van der Waals surface area (Å²) in [7, 11) is -6.09. The third kappa shape index (κ3) is 7.13. The Morgan fingerprint density at radius 2 is 0.804 bits per heavy atom. The third-order valence-corrected chi connectivity index (χ3v) is 37.3. The van der Waals surface area contributed by atoms with E-state index in [0.717, 1.165) is 0 Å². The minimum absolute atomic E-state index is 0.105. The molecule has 5 heteroatoms. The molecule has 0 radical (unpaired) electrons. The van der Waals surface area contributed by atoms with Crippen LogP contribution in [0.1, 0.15) is 69.1 Å². The molecule has 56 heavy (non-hydrogen) atoms. The molecule has 4 aromatic rings. The van der Waals surface area contributed by atoms with Gasteiger partial charge in [-0.2, -0.15) is 0 Å². The number of hydrogen-bond acceptors (Lipinski definition) is 0. The Hall–Kier alpha value is -1.90. The van der Waals surface area contributed by atoms with Crippen LogP contribution in [0.15, 0.2) is 83.9 Å². The van der Waals surface area contributed by atoms with Crippen molar-refractivity contribution in [3.05, 3.63) is 106 Å². The molecule has 1 saturated heterocycles. The van der Waals surface area contributed by atoms with E-state index in [1.165, 1.54) is 47.9 Å². The SMILES string of the molecule is CCCC1(CCC)C2=Cc3c(-c4cc([Si](C)(C)C)cc([Si](C)(C)C)c4)cccc3[CH]2[Hf]([CH3])([CH3])[CH]2C1=Cc1c(-c3cc([Si](C)(C)C)cc([Si](C)(C)C)c3)cccc12. The van der Waals surface area contributed by atoms with Gasteiger partial charge >= 0.3 is 354 Å². The fourth-order valence-corrected chi connectivity index (χ4v) is 33.0. The minimum atomic E-state index is -3.24. The summed E-state index contributed by atoms with van der Waals surface area (Å²) in [5.74, 6) is 0. The van der Waals surface area contributed by atoms with Gasteiger partial charge in [-0.15, -0.1) is 0 Å². The van der Waals surface area contributed by atoms with Crippen LogP contribution in [0.5, 0.6) is 0 Å². The Kier molecular flexibility index (Phi) is 10.8. The van der Waals surface area contributed by atoms with Crippen molar-refractivity contribution in [2.24, 2.45) is 5.41 Å². The Morgan fingerprint density at radius 1 is 0.482 bits per heavy atom. The van der Waals surface area contributed by atoms with Crippen molar-refractivity contribution in [3.63, 3.8) is 0 Å². The van der Waals surface area contributed by atoms with E-state index >= 15 is 0 Å². The first-order chi connectivity index (χ1) is 25.9. The first-order valence-electron chi connectivity index (χ1n) is 22.0. The Labute approximate surface area is 351 Å². The Balaban J connectivity index is 1.47. The molecule has 0 nitrogen and oxygen atoms in total. The molecule has 296 valence electrons. The number of benzene rings is 4. The first-order valence-corrected chi connectivity index (χ1v) is 47.3. The van der Waals surface area contributed by atoms with Crippen molar-refractivity contribution < 1.29 is 20.0 Å². The van der Waals surface area contributed by atoms with Crippen molar-refractivity contribution in [3.8, 4) is 22.3 Å².